The van der Waals surface area contributed by atoms with Crippen molar-refractivity contribution in [3.05, 3.63) is 29.3 Å². The zero-order chi connectivity index (χ0) is 14.7. The van der Waals surface area contributed by atoms with Gasteiger partial charge in [-0.1, -0.05) is 45.9 Å². The van der Waals surface area contributed by atoms with E-state index in [1.54, 1.807) is 0 Å². The van der Waals surface area contributed by atoms with Crippen molar-refractivity contribution in [1.29, 1.82) is 0 Å². The molecule has 2 rings (SSSR count). The summed E-state index contributed by atoms with van der Waals surface area (Å²) < 4.78 is 5.73. The molecular weight excluding hydrogens is 268 g/mol. The Hall–Kier alpha value is -0.665. The highest BCUT2D eigenvalue weighted by atomic mass is 35.5. The third-order valence-corrected chi connectivity index (χ3v) is 4.29. The number of halogens is 1. The van der Waals surface area contributed by atoms with Crippen molar-refractivity contribution in [2.75, 3.05) is 18.0 Å². The first-order valence-electron chi connectivity index (χ1n) is 7.67. The van der Waals surface area contributed by atoms with Gasteiger partial charge in [0.05, 0.1) is 0 Å². The predicted octanol–water partition coefficient (Wildman–Crippen LogP) is 4.77. The fourth-order valence-electron chi connectivity index (χ4n) is 2.81. The van der Waals surface area contributed by atoms with E-state index in [0.29, 0.717) is 11.8 Å². The summed E-state index contributed by atoms with van der Waals surface area (Å²) >= 11 is 6.48. The Balaban J connectivity index is 2.50. The van der Waals surface area contributed by atoms with Crippen LogP contribution in [0.15, 0.2) is 18.2 Å². The van der Waals surface area contributed by atoms with Crippen molar-refractivity contribution in [2.24, 2.45) is 0 Å². The molecule has 0 unspecified atom stereocenters. The van der Waals surface area contributed by atoms with Crippen LogP contribution in [0.4, 0.5) is 5.69 Å². The molecule has 1 fully saturated rings. The van der Waals surface area contributed by atoms with E-state index in [2.05, 4.69) is 50.7 Å². The summed E-state index contributed by atoms with van der Waals surface area (Å²) in [7, 11) is 0. The van der Waals surface area contributed by atoms with Gasteiger partial charge in [-0.15, -0.1) is 11.5 Å². The average Bonchev–Trinajstić information content (AvgIpc) is 2.62. The average molecular weight is 294 g/mol. The fraction of sp³-hybridized carbons (Fsp3) is 0.625. The molecule has 0 amide bonds. The van der Waals surface area contributed by atoms with Crippen molar-refractivity contribution < 1.29 is 4.65 Å². The maximum atomic E-state index is 6.48. The molecule has 0 spiro atoms. The van der Waals surface area contributed by atoms with Crippen molar-refractivity contribution in [1.82, 2.24) is 0 Å². The SMILES string of the molecule is CC(C)c1cccc(C(C)C)c1N1CCCCOB1Cl. The van der Waals surface area contributed by atoms with E-state index in [4.69, 9.17) is 16.1 Å². The number of rotatable bonds is 3. The Kier molecular flexibility index (Phi) is 5.39. The first kappa shape index (κ1) is 15.7. The van der Waals surface area contributed by atoms with Crippen LogP contribution in [0.1, 0.15) is 63.5 Å². The van der Waals surface area contributed by atoms with Crippen molar-refractivity contribution in [3.8, 4) is 0 Å². The van der Waals surface area contributed by atoms with Crippen LogP contribution >= 0.6 is 11.5 Å². The molecule has 0 radical (unpaired) electrons. The summed E-state index contributed by atoms with van der Waals surface area (Å²) in [5.74, 6) is 0.964. The van der Waals surface area contributed by atoms with Crippen LogP contribution in [0.2, 0.25) is 0 Å². The standard InChI is InChI=1S/C16H25BClNO/c1-12(2)14-8-7-9-15(13(3)4)16(14)19-10-5-6-11-20-17(19)18/h7-9,12-13H,5-6,10-11H2,1-4H3. The Bertz CT molecular complexity index is 424. The molecule has 1 aliphatic heterocycles. The van der Waals surface area contributed by atoms with E-state index in [1.807, 2.05) is 0 Å². The fourth-order valence-corrected chi connectivity index (χ4v) is 3.10. The van der Waals surface area contributed by atoms with E-state index in [9.17, 15) is 0 Å². The summed E-state index contributed by atoms with van der Waals surface area (Å²) in [4.78, 5) is 2.25. The molecule has 0 atom stereocenters. The lowest BCUT2D eigenvalue weighted by molar-refractivity contribution is 0.331. The van der Waals surface area contributed by atoms with Gasteiger partial charge in [0.25, 0.3) is 0 Å². The molecule has 1 aromatic carbocycles. The van der Waals surface area contributed by atoms with Gasteiger partial charge in [0.2, 0.25) is 0 Å². The molecule has 4 heteroatoms. The minimum absolute atomic E-state index is 0.352. The summed E-state index contributed by atoms with van der Waals surface area (Å²) in [5.41, 5.74) is 4.03. The first-order chi connectivity index (χ1) is 9.52. The van der Waals surface area contributed by atoms with Crippen LogP contribution in [-0.2, 0) is 4.65 Å². The van der Waals surface area contributed by atoms with Gasteiger partial charge in [0.1, 0.15) is 0 Å². The Morgan fingerprint density at radius 3 is 2.25 bits per heavy atom. The molecule has 0 saturated carbocycles. The minimum atomic E-state index is -0.352. The van der Waals surface area contributed by atoms with E-state index >= 15 is 0 Å². The normalized spacial score (nSPS) is 16.9. The van der Waals surface area contributed by atoms with Crippen molar-refractivity contribution in [3.63, 3.8) is 0 Å². The molecule has 1 aliphatic rings. The first-order valence-corrected chi connectivity index (χ1v) is 8.11. The molecule has 20 heavy (non-hydrogen) atoms. The quantitative estimate of drug-likeness (QED) is 0.744. The summed E-state index contributed by atoms with van der Waals surface area (Å²) in [6.45, 7) is 10.3. The largest absolute Gasteiger partial charge is 0.527 e. The number of benzene rings is 1. The molecule has 0 bridgehead atoms. The second-order valence-corrected chi connectivity index (χ2v) is 6.53. The van der Waals surface area contributed by atoms with Crippen LogP contribution < -0.4 is 4.81 Å². The summed E-state index contributed by atoms with van der Waals surface area (Å²) in [6, 6.07) is 6.61. The third kappa shape index (κ3) is 3.32. The molecule has 1 heterocycles. The molecule has 1 saturated heterocycles. The smallest absolute Gasteiger partial charge is 0.403 e. The van der Waals surface area contributed by atoms with E-state index in [1.165, 1.54) is 16.8 Å². The van der Waals surface area contributed by atoms with Crippen LogP contribution in [0.25, 0.3) is 0 Å². The van der Waals surface area contributed by atoms with E-state index in [-0.39, 0.29) is 6.47 Å². The number of anilines is 1. The molecule has 110 valence electrons. The Labute approximate surface area is 128 Å². The van der Waals surface area contributed by atoms with Crippen molar-refractivity contribution in [2.45, 2.75) is 52.4 Å². The minimum Gasteiger partial charge on any atom is -0.403 e. The second kappa shape index (κ2) is 6.86. The van der Waals surface area contributed by atoms with Gasteiger partial charge in [0.15, 0.2) is 0 Å². The summed E-state index contributed by atoms with van der Waals surface area (Å²) in [6.07, 6.45) is 2.22. The lowest BCUT2D eigenvalue weighted by Gasteiger charge is -2.31. The van der Waals surface area contributed by atoms with Gasteiger partial charge in [-0.05, 0) is 35.8 Å². The Morgan fingerprint density at radius 1 is 1.10 bits per heavy atom. The van der Waals surface area contributed by atoms with Crippen LogP contribution in [0.5, 0.6) is 0 Å². The molecule has 1 aromatic rings. The highest BCUT2D eigenvalue weighted by Crippen LogP contribution is 2.37. The van der Waals surface area contributed by atoms with Crippen LogP contribution in [-0.4, -0.2) is 19.6 Å². The monoisotopic (exact) mass is 293 g/mol. The number of hydrogen-bond acceptors (Lipinski definition) is 2. The zero-order valence-electron chi connectivity index (χ0n) is 13.0. The maximum absolute atomic E-state index is 6.48. The van der Waals surface area contributed by atoms with Crippen LogP contribution in [0.3, 0.4) is 0 Å². The lowest BCUT2D eigenvalue weighted by Crippen LogP contribution is -2.38. The van der Waals surface area contributed by atoms with Crippen LogP contribution in [0, 0.1) is 0 Å². The second-order valence-electron chi connectivity index (χ2n) is 6.16. The molecule has 2 nitrogen and oxygen atoms in total. The Morgan fingerprint density at radius 2 is 1.70 bits per heavy atom. The third-order valence-electron chi connectivity index (χ3n) is 3.92. The van der Waals surface area contributed by atoms with Crippen molar-refractivity contribution >= 4 is 23.6 Å². The molecular formula is C16H25BClNO. The number of para-hydroxylation sites is 1. The predicted molar refractivity (Wildman–Crippen MR) is 88.8 cm³/mol. The highest BCUT2D eigenvalue weighted by Gasteiger charge is 2.30. The number of hydrogen-bond donors (Lipinski definition) is 0. The van der Waals surface area contributed by atoms with E-state index in [0.717, 1.165) is 26.0 Å². The van der Waals surface area contributed by atoms with Gasteiger partial charge in [0, 0.05) is 18.8 Å². The van der Waals surface area contributed by atoms with Gasteiger partial charge in [-0.3, -0.25) is 0 Å². The number of nitrogens with zero attached hydrogens (tertiary/aromatic N) is 1. The van der Waals surface area contributed by atoms with Gasteiger partial charge in [-0.25, -0.2) is 0 Å². The van der Waals surface area contributed by atoms with Gasteiger partial charge in [-0.2, -0.15) is 0 Å². The zero-order valence-corrected chi connectivity index (χ0v) is 13.8. The topological polar surface area (TPSA) is 12.5 Å². The molecule has 0 aromatic heterocycles. The van der Waals surface area contributed by atoms with Gasteiger partial charge >= 0.3 is 6.47 Å². The lowest BCUT2D eigenvalue weighted by atomic mass is 9.89. The highest BCUT2D eigenvalue weighted by molar-refractivity contribution is 7.05. The van der Waals surface area contributed by atoms with E-state index < -0.39 is 0 Å². The molecule has 0 N–H and O–H groups in total. The summed E-state index contributed by atoms with van der Waals surface area (Å²) in [5, 5.41) is 0. The molecule has 0 aliphatic carbocycles. The van der Waals surface area contributed by atoms with Gasteiger partial charge < -0.3 is 9.47 Å². The maximum Gasteiger partial charge on any atom is 0.527 e.